The molecule has 2 fully saturated rings. The Morgan fingerprint density at radius 2 is 1.39 bits per heavy atom. The van der Waals surface area contributed by atoms with Crippen molar-refractivity contribution in [3.8, 4) is 0 Å². The summed E-state index contributed by atoms with van der Waals surface area (Å²) in [6.07, 6.45) is 18.1. The molecule has 0 spiro atoms. The van der Waals surface area contributed by atoms with Crippen molar-refractivity contribution in [3.63, 3.8) is 0 Å². The summed E-state index contributed by atoms with van der Waals surface area (Å²) in [7, 11) is 0. The molecule has 0 bridgehead atoms. The molecule has 0 aromatic heterocycles. The third-order valence-corrected chi connectivity index (χ3v) is 11.8. The van der Waals surface area contributed by atoms with Crippen LogP contribution in [0.5, 0.6) is 0 Å². The number of hydrogen-bond donors (Lipinski definition) is 0. The van der Waals surface area contributed by atoms with E-state index in [9.17, 15) is 0 Å². The molecule has 0 amide bonds. The normalized spacial score (nSPS) is 37.9. The van der Waals surface area contributed by atoms with Crippen molar-refractivity contribution in [2.75, 3.05) is 0 Å². The highest BCUT2D eigenvalue weighted by atomic mass is 14.7. The molecule has 4 aliphatic carbocycles. The predicted molar refractivity (Wildman–Crippen MR) is 166 cm³/mol. The van der Waals surface area contributed by atoms with E-state index in [-0.39, 0.29) is 0 Å². The summed E-state index contributed by atoms with van der Waals surface area (Å²) in [5, 5.41) is 0. The zero-order valence-corrected chi connectivity index (χ0v) is 27.6. The summed E-state index contributed by atoms with van der Waals surface area (Å²) in [6, 6.07) is 0. The number of allylic oxidation sites excluding steroid dienone is 4. The maximum Gasteiger partial charge on any atom is -0.00569 e. The highest BCUT2D eigenvalue weighted by Crippen LogP contribution is 2.72. The summed E-state index contributed by atoms with van der Waals surface area (Å²) >= 11 is 0. The molecule has 212 valence electrons. The predicted octanol–water partition coefficient (Wildman–Crippen LogP) is 12.6. The Balaban J connectivity index is 0.00000101. The Hall–Kier alpha value is -0.520. The maximum absolute atomic E-state index is 2.71. The van der Waals surface area contributed by atoms with Gasteiger partial charge in [-0.2, -0.15) is 0 Å². The Morgan fingerprint density at radius 1 is 0.778 bits per heavy atom. The summed E-state index contributed by atoms with van der Waals surface area (Å²) in [4.78, 5) is 0. The third-order valence-electron chi connectivity index (χ3n) is 11.8. The van der Waals surface area contributed by atoms with Crippen molar-refractivity contribution in [2.45, 2.75) is 168 Å². The first kappa shape index (κ1) is 33.5. The molecular formula is C36H68. The lowest BCUT2D eigenvalue weighted by atomic mass is 9.42. The van der Waals surface area contributed by atoms with Crippen LogP contribution in [0, 0.1) is 39.4 Å². The van der Waals surface area contributed by atoms with Crippen molar-refractivity contribution in [1.82, 2.24) is 0 Å². The quantitative estimate of drug-likeness (QED) is 0.266. The minimum atomic E-state index is 0.475. The number of hydrogen-bond acceptors (Lipinski definition) is 0. The smallest absolute Gasteiger partial charge is 0.00569 e. The molecule has 0 heteroatoms. The molecule has 0 aromatic carbocycles. The topological polar surface area (TPSA) is 0 Å². The second-order valence-electron chi connectivity index (χ2n) is 13.4. The molecule has 0 saturated heterocycles. The van der Waals surface area contributed by atoms with Crippen LogP contribution in [0.1, 0.15) is 168 Å². The van der Waals surface area contributed by atoms with Gasteiger partial charge in [0.05, 0.1) is 0 Å². The standard InChI is InChI=1S/C30H50.3C2H6/c1-21(2)11-9-10-12-23-16-19-30(8)25-13-14-26-27(4,5)22(3)15-18-28(26,6)24(25)17-20-29(23,30)7;3*1-2/h11,22-23,26H,9-10,12-20H2,1-8H3;3*1-2H3. The first-order valence-electron chi connectivity index (χ1n) is 16.3. The van der Waals surface area contributed by atoms with E-state index in [1.165, 1.54) is 76.2 Å². The van der Waals surface area contributed by atoms with E-state index >= 15 is 0 Å². The van der Waals surface area contributed by atoms with E-state index in [1.807, 2.05) is 52.7 Å². The highest BCUT2D eigenvalue weighted by molar-refractivity contribution is 5.38. The van der Waals surface area contributed by atoms with Crippen LogP contribution in [0.25, 0.3) is 0 Å². The molecule has 0 N–H and O–H groups in total. The van der Waals surface area contributed by atoms with Gasteiger partial charge in [-0.3, -0.25) is 0 Å². The Bertz CT molecular complexity index is 731. The fourth-order valence-electron chi connectivity index (χ4n) is 9.20. The second kappa shape index (κ2) is 13.5. The first-order chi connectivity index (χ1) is 17.0. The van der Waals surface area contributed by atoms with Crippen LogP contribution in [-0.4, -0.2) is 0 Å². The minimum Gasteiger partial charge on any atom is -0.0859 e. The van der Waals surface area contributed by atoms with Crippen molar-refractivity contribution in [1.29, 1.82) is 0 Å². The third kappa shape index (κ3) is 5.73. The van der Waals surface area contributed by atoms with Crippen molar-refractivity contribution < 1.29 is 0 Å². The molecule has 0 aliphatic heterocycles. The van der Waals surface area contributed by atoms with Crippen LogP contribution in [-0.2, 0) is 0 Å². The van der Waals surface area contributed by atoms with Gasteiger partial charge < -0.3 is 0 Å². The van der Waals surface area contributed by atoms with Gasteiger partial charge in [0.2, 0.25) is 0 Å². The van der Waals surface area contributed by atoms with Crippen LogP contribution < -0.4 is 0 Å². The summed E-state index contributed by atoms with van der Waals surface area (Å²) < 4.78 is 0. The van der Waals surface area contributed by atoms with E-state index in [2.05, 4.69) is 61.5 Å². The average molecular weight is 501 g/mol. The van der Waals surface area contributed by atoms with Crippen LogP contribution in [0.15, 0.2) is 22.8 Å². The second-order valence-corrected chi connectivity index (χ2v) is 13.4. The fourth-order valence-corrected chi connectivity index (χ4v) is 9.20. The van der Waals surface area contributed by atoms with Crippen LogP contribution in [0.4, 0.5) is 0 Å². The molecule has 0 nitrogen and oxygen atoms in total. The van der Waals surface area contributed by atoms with Gasteiger partial charge in [0.15, 0.2) is 0 Å². The van der Waals surface area contributed by atoms with Gasteiger partial charge in [-0.05, 0) is 124 Å². The Kier molecular flexibility index (Phi) is 12.6. The van der Waals surface area contributed by atoms with E-state index in [4.69, 9.17) is 0 Å². The zero-order valence-electron chi connectivity index (χ0n) is 27.6. The van der Waals surface area contributed by atoms with Crippen LogP contribution in [0.2, 0.25) is 0 Å². The molecule has 36 heavy (non-hydrogen) atoms. The highest BCUT2D eigenvalue weighted by Gasteiger charge is 2.62. The summed E-state index contributed by atoms with van der Waals surface area (Å²) in [5.41, 5.74) is 7.40. The van der Waals surface area contributed by atoms with E-state index in [1.54, 1.807) is 0 Å². The van der Waals surface area contributed by atoms with Crippen molar-refractivity contribution >= 4 is 0 Å². The Labute approximate surface area is 229 Å². The molecule has 2 saturated carbocycles. The largest absolute Gasteiger partial charge is 0.0859 e. The number of rotatable bonds is 4. The molecule has 0 heterocycles. The summed E-state index contributed by atoms with van der Waals surface area (Å²) in [6.45, 7) is 32.3. The zero-order chi connectivity index (χ0) is 27.9. The van der Waals surface area contributed by atoms with Gasteiger partial charge in [0, 0.05) is 0 Å². The van der Waals surface area contributed by atoms with Gasteiger partial charge in [-0.25, -0.2) is 0 Å². The van der Waals surface area contributed by atoms with Gasteiger partial charge in [0.1, 0.15) is 0 Å². The lowest BCUT2D eigenvalue weighted by Gasteiger charge is -2.62. The van der Waals surface area contributed by atoms with Crippen LogP contribution >= 0.6 is 0 Å². The maximum atomic E-state index is 2.71. The number of fused-ring (bicyclic) bond motifs is 4. The summed E-state index contributed by atoms with van der Waals surface area (Å²) in [5.74, 6) is 2.70. The molecule has 4 rings (SSSR count). The van der Waals surface area contributed by atoms with Crippen molar-refractivity contribution in [3.05, 3.63) is 22.8 Å². The first-order valence-corrected chi connectivity index (χ1v) is 16.3. The molecular weight excluding hydrogens is 432 g/mol. The van der Waals surface area contributed by atoms with E-state index < -0.39 is 0 Å². The van der Waals surface area contributed by atoms with E-state index in [0.29, 0.717) is 21.7 Å². The van der Waals surface area contributed by atoms with Gasteiger partial charge in [0.25, 0.3) is 0 Å². The van der Waals surface area contributed by atoms with Gasteiger partial charge in [-0.1, -0.05) is 106 Å². The molecule has 0 radical (unpaired) electrons. The van der Waals surface area contributed by atoms with Gasteiger partial charge in [-0.15, -0.1) is 0 Å². The van der Waals surface area contributed by atoms with E-state index in [0.717, 1.165) is 17.8 Å². The monoisotopic (exact) mass is 501 g/mol. The lowest BCUT2D eigenvalue weighted by Crippen LogP contribution is -2.53. The van der Waals surface area contributed by atoms with Crippen LogP contribution in [0.3, 0.4) is 0 Å². The SMILES string of the molecule is CC.CC.CC.CC(C)=CCCCC1CCC2(C)C3=C(CCC12C)C1(C)CCC(C)C(C)(C)C1CC3. The molecule has 6 unspecified atom stereocenters. The molecule has 0 aromatic rings. The minimum absolute atomic E-state index is 0.475. The lowest BCUT2D eigenvalue weighted by molar-refractivity contribution is -0.0463. The number of unbranched alkanes of at least 4 members (excludes halogenated alkanes) is 1. The molecule has 6 atom stereocenters. The van der Waals surface area contributed by atoms with Crippen molar-refractivity contribution in [2.24, 2.45) is 39.4 Å². The fraction of sp³-hybridized carbons (Fsp3) is 0.889. The Morgan fingerprint density at radius 3 is 1.97 bits per heavy atom. The average Bonchev–Trinajstić information content (AvgIpc) is 3.14. The van der Waals surface area contributed by atoms with Gasteiger partial charge >= 0.3 is 0 Å². The molecule has 4 aliphatic rings.